The van der Waals surface area contributed by atoms with Gasteiger partial charge >= 0.3 is 5.97 Å². The number of aromatic amines is 1. The number of thiophene rings is 1. The Labute approximate surface area is 178 Å². The van der Waals surface area contributed by atoms with E-state index in [-0.39, 0.29) is 9.77 Å². The van der Waals surface area contributed by atoms with Gasteiger partial charge in [-0.1, -0.05) is 42.5 Å². The predicted molar refractivity (Wildman–Crippen MR) is 112 cm³/mol. The van der Waals surface area contributed by atoms with Gasteiger partial charge in [0.25, 0.3) is 10.0 Å². The normalized spacial score (nSPS) is 11.7. The second-order valence-corrected chi connectivity index (χ2v) is 9.10. The largest absolute Gasteiger partial charge is 0.477 e. The van der Waals surface area contributed by atoms with Crippen molar-refractivity contribution in [3.63, 3.8) is 0 Å². The van der Waals surface area contributed by atoms with Crippen LogP contribution in [0.4, 0.5) is 0 Å². The number of carboxylic acid groups (broad SMARTS) is 1. The lowest BCUT2D eigenvalue weighted by Crippen LogP contribution is -2.16. The zero-order valence-corrected chi connectivity index (χ0v) is 17.1. The standard InChI is InChI=1S/C19H12N6O4S2/c26-19(27)17-15(9-10-30-17)31(28,29)25-14-4-2-1-3-13(14)16(22-25)11-5-7-12(8-6-11)18-20-23-24-21-18/h1-10H,(H,26,27)(H,20,21,23,24). The first-order valence-corrected chi connectivity index (χ1v) is 11.2. The molecule has 0 aliphatic rings. The van der Waals surface area contributed by atoms with E-state index in [1.807, 2.05) is 0 Å². The van der Waals surface area contributed by atoms with Crippen molar-refractivity contribution in [3.05, 3.63) is 64.9 Å². The second kappa shape index (κ2) is 7.11. The Morgan fingerprint density at radius 1 is 1.03 bits per heavy atom. The van der Waals surface area contributed by atoms with Gasteiger partial charge in [0.2, 0.25) is 5.82 Å². The highest BCUT2D eigenvalue weighted by Crippen LogP contribution is 2.32. The summed E-state index contributed by atoms with van der Waals surface area (Å²) in [7, 11) is -4.23. The molecule has 5 rings (SSSR count). The molecule has 5 aromatic rings. The molecule has 0 aliphatic carbocycles. The van der Waals surface area contributed by atoms with Crippen molar-refractivity contribution in [2.75, 3.05) is 0 Å². The molecule has 0 unspecified atom stereocenters. The minimum Gasteiger partial charge on any atom is -0.477 e. The summed E-state index contributed by atoms with van der Waals surface area (Å²) < 4.78 is 27.5. The Balaban J connectivity index is 1.67. The van der Waals surface area contributed by atoms with Crippen molar-refractivity contribution in [2.24, 2.45) is 0 Å². The van der Waals surface area contributed by atoms with Crippen molar-refractivity contribution in [3.8, 4) is 22.6 Å². The third-order valence-corrected chi connectivity index (χ3v) is 7.31. The van der Waals surface area contributed by atoms with Crippen LogP contribution in [0.15, 0.2) is 64.9 Å². The summed E-state index contributed by atoms with van der Waals surface area (Å²) in [6.07, 6.45) is 0. The molecule has 0 atom stereocenters. The first-order chi connectivity index (χ1) is 15.0. The van der Waals surface area contributed by atoms with Gasteiger partial charge in [-0.3, -0.25) is 0 Å². The van der Waals surface area contributed by atoms with Crippen LogP contribution in [-0.4, -0.2) is 49.3 Å². The first-order valence-electron chi connectivity index (χ1n) is 8.85. The van der Waals surface area contributed by atoms with Gasteiger partial charge in [-0.05, 0) is 22.7 Å². The molecule has 0 radical (unpaired) electrons. The number of hydrogen-bond donors (Lipinski definition) is 2. The van der Waals surface area contributed by atoms with Gasteiger partial charge in [0, 0.05) is 16.5 Å². The SMILES string of the molecule is O=C(O)c1sccc1S(=O)(=O)n1nc(-c2ccc(-c3nn[nH]n3)cc2)c2ccccc21. The number of rotatable bonds is 5. The van der Waals surface area contributed by atoms with Crippen molar-refractivity contribution in [2.45, 2.75) is 4.90 Å². The van der Waals surface area contributed by atoms with E-state index >= 15 is 0 Å². The maximum absolute atomic E-state index is 13.3. The highest BCUT2D eigenvalue weighted by Gasteiger charge is 2.29. The fourth-order valence-electron chi connectivity index (χ4n) is 3.25. The highest BCUT2D eigenvalue weighted by atomic mass is 32.2. The predicted octanol–water partition coefficient (Wildman–Crippen LogP) is 2.88. The third-order valence-electron chi connectivity index (χ3n) is 4.65. The Morgan fingerprint density at radius 2 is 1.77 bits per heavy atom. The lowest BCUT2D eigenvalue weighted by molar-refractivity contribution is 0.0698. The van der Waals surface area contributed by atoms with Crippen LogP contribution >= 0.6 is 11.3 Å². The smallest absolute Gasteiger partial charge is 0.347 e. The summed E-state index contributed by atoms with van der Waals surface area (Å²) in [6.45, 7) is 0. The molecule has 0 saturated carbocycles. The van der Waals surface area contributed by atoms with Crippen LogP contribution in [0.2, 0.25) is 0 Å². The van der Waals surface area contributed by atoms with Gasteiger partial charge in [0.15, 0.2) is 0 Å². The first kappa shape index (κ1) is 19.1. The van der Waals surface area contributed by atoms with Crippen LogP contribution in [0.1, 0.15) is 9.67 Å². The van der Waals surface area contributed by atoms with Gasteiger partial charge in [-0.25, -0.2) is 4.79 Å². The molecular formula is C19H12N6O4S2. The van der Waals surface area contributed by atoms with E-state index in [9.17, 15) is 18.3 Å². The molecule has 3 heterocycles. The maximum atomic E-state index is 13.3. The molecule has 10 nitrogen and oxygen atoms in total. The minimum absolute atomic E-state index is 0.259. The molecule has 3 aromatic heterocycles. The minimum atomic E-state index is -4.23. The number of nitrogens with one attached hydrogen (secondary N) is 1. The monoisotopic (exact) mass is 452 g/mol. The molecule has 0 saturated heterocycles. The quantitative estimate of drug-likeness (QED) is 0.414. The number of fused-ring (bicyclic) bond motifs is 1. The number of aromatic nitrogens is 6. The number of nitrogens with zero attached hydrogens (tertiary/aromatic N) is 5. The van der Waals surface area contributed by atoms with Crippen LogP contribution < -0.4 is 0 Å². The summed E-state index contributed by atoms with van der Waals surface area (Å²) in [6, 6.07) is 15.3. The van der Waals surface area contributed by atoms with E-state index in [2.05, 4.69) is 25.7 Å². The van der Waals surface area contributed by atoms with Crippen LogP contribution in [-0.2, 0) is 10.0 Å². The lowest BCUT2D eigenvalue weighted by atomic mass is 10.1. The molecule has 154 valence electrons. The molecule has 2 N–H and O–H groups in total. The van der Waals surface area contributed by atoms with Crippen LogP contribution in [0.3, 0.4) is 0 Å². The highest BCUT2D eigenvalue weighted by molar-refractivity contribution is 7.90. The number of tetrazole rings is 1. The van der Waals surface area contributed by atoms with E-state index in [1.54, 1.807) is 48.5 Å². The van der Waals surface area contributed by atoms with E-state index in [0.717, 1.165) is 21.0 Å². The Morgan fingerprint density at radius 3 is 2.48 bits per heavy atom. The molecule has 31 heavy (non-hydrogen) atoms. The van der Waals surface area contributed by atoms with Gasteiger partial charge in [0.1, 0.15) is 15.5 Å². The maximum Gasteiger partial charge on any atom is 0.347 e. The number of benzene rings is 2. The van der Waals surface area contributed by atoms with E-state index < -0.39 is 16.0 Å². The third kappa shape index (κ3) is 3.08. The number of carbonyl (C=O) groups is 1. The fraction of sp³-hybridized carbons (Fsp3) is 0. The molecule has 0 aliphatic heterocycles. The molecular weight excluding hydrogens is 440 g/mol. The number of aromatic carboxylic acids is 1. The molecule has 0 fully saturated rings. The van der Waals surface area contributed by atoms with E-state index in [4.69, 9.17) is 0 Å². The van der Waals surface area contributed by atoms with Crippen molar-refractivity contribution in [1.29, 1.82) is 0 Å². The van der Waals surface area contributed by atoms with Gasteiger partial charge in [-0.2, -0.15) is 22.8 Å². The van der Waals surface area contributed by atoms with Gasteiger partial charge in [-0.15, -0.1) is 21.5 Å². The second-order valence-electron chi connectivity index (χ2n) is 6.45. The molecule has 0 amide bonds. The number of H-pyrrole nitrogens is 1. The lowest BCUT2D eigenvalue weighted by Gasteiger charge is -2.05. The zero-order chi connectivity index (χ0) is 21.6. The van der Waals surface area contributed by atoms with Crippen LogP contribution in [0.5, 0.6) is 0 Å². The number of para-hydroxylation sites is 1. The zero-order valence-electron chi connectivity index (χ0n) is 15.5. The number of hydrogen-bond acceptors (Lipinski definition) is 8. The average molecular weight is 452 g/mol. The van der Waals surface area contributed by atoms with Crippen LogP contribution in [0.25, 0.3) is 33.5 Å². The Hall–Kier alpha value is -3.90. The van der Waals surface area contributed by atoms with Crippen molar-refractivity contribution in [1.82, 2.24) is 29.8 Å². The molecule has 2 aromatic carbocycles. The van der Waals surface area contributed by atoms with Crippen LogP contribution in [0, 0.1) is 0 Å². The van der Waals surface area contributed by atoms with Crippen molar-refractivity contribution < 1.29 is 18.3 Å². The summed E-state index contributed by atoms with van der Waals surface area (Å²) in [5.41, 5.74) is 2.22. The summed E-state index contributed by atoms with van der Waals surface area (Å²) in [5.74, 6) is -0.870. The summed E-state index contributed by atoms with van der Waals surface area (Å²) in [4.78, 5) is 10.9. The van der Waals surface area contributed by atoms with E-state index in [1.165, 1.54) is 11.4 Å². The Bertz CT molecular complexity index is 1520. The Kier molecular flexibility index (Phi) is 4.38. The average Bonchev–Trinajstić information content (AvgIpc) is 3.53. The fourth-order valence-corrected chi connectivity index (χ4v) is 5.77. The molecule has 0 spiro atoms. The van der Waals surface area contributed by atoms with E-state index in [0.29, 0.717) is 28.0 Å². The molecule has 0 bridgehead atoms. The summed E-state index contributed by atoms with van der Waals surface area (Å²) in [5, 5.41) is 29.6. The van der Waals surface area contributed by atoms with Gasteiger partial charge < -0.3 is 5.11 Å². The topological polar surface area (TPSA) is 144 Å². The summed E-state index contributed by atoms with van der Waals surface area (Å²) >= 11 is 0.849. The number of carboxylic acids is 1. The molecule has 12 heteroatoms. The van der Waals surface area contributed by atoms with Crippen molar-refractivity contribution >= 4 is 38.2 Å². The van der Waals surface area contributed by atoms with Gasteiger partial charge in [0.05, 0.1) is 5.52 Å².